The third kappa shape index (κ3) is 65.6. The van der Waals surface area contributed by atoms with E-state index in [-0.39, 0.29) is 21.1 Å². The molecule has 0 N–H and O–H groups in total. The molecule has 29 heavy (non-hydrogen) atoms. The molecule has 1 heteroatoms. The third-order valence-electron chi connectivity index (χ3n) is 3.73. The van der Waals surface area contributed by atoms with E-state index in [0.29, 0.717) is 5.41 Å². The van der Waals surface area contributed by atoms with Crippen LogP contribution in [0.25, 0.3) is 0 Å². The van der Waals surface area contributed by atoms with E-state index < -0.39 is 0 Å². The normalized spacial score (nSPS) is 7.52. The third-order valence-corrected chi connectivity index (χ3v) is 3.73. The maximum atomic E-state index is 2.86. The fraction of sp³-hybridized carbons (Fsp3) is 0.786. The predicted octanol–water partition coefficient (Wildman–Crippen LogP) is 11.0. The molecule has 0 aliphatic carbocycles. The van der Waals surface area contributed by atoms with Gasteiger partial charge >= 0.3 is 0 Å². The Balaban J connectivity index is -0.0000000430. The van der Waals surface area contributed by atoms with Crippen molar-refractivity contribution in [1.29, 1.82) is 0 Å². The van der Waals surface area contributed by atoms with Crippen LogP contribution in [0.4, 0.5) is 0 Å². The summed E-state index contributed by atoms with van der Waals surface area (Å²) in [5, 5.41) is 0. The van der Waals surface area contributed by atoms with Crippen LogP contribution < -0.4 is 0 Å². The maximum absolute atomic E-state index is 2.86. The Kier molecular flexibility index (Phi) is 61.9. The van der Waals surface area contributed by atoms with E-state index >= 15 is 0 Å². The second-order valence-corrected chi connectivity index (χ2v) is 7.66. The molecule has 0 rings (SSSR count). The topological polar surface area (TPSA) is 0 Å². The van der Waals surface area contributed by atoms with Gasteiger partial charge in [-0.25, -0.2) is 0 Å². The molecule has 0 aliphatic heterocycles. The van der Waals surface area contributed by atoms with Gasteiger partial charge in [-0.3, -0.25) is 0 Å². The van der Waals surface area contributed by atoms with E-state index in [2.05, 4.69) is 94.9 Å². The average molecular weight is 581 g/mol. The van der Waals surface area contributed by atoms with E-state index in [9.17, 15) is 0 Å². The standard InChI is InChI=1S/C9H18.C6H12.C5H8.C4H10.2C2H6.W/c1-7(2)8(3)9(4,5)6;1-5(2)6(3)4;1-3-5-4-2;1-3-4-2;2*1-2;/h1-6H3;1-4H3;3H2,1-2H3;3-4H2,1-2H3;2*1-2H3;. The monoisotopic (exact) mass is 580 g/mol. The van der Waals surface area contributed by atoms with Crippen LogP contribution in [0.3, 0.4) is 0 Å². The van der Waals surface area contributed by atoms with Gasteiger partial charge in [-0.2, -0.15) is 0 Å². The van der Waals surface area contributed by atoms with Gasteiger partial charge in [0.1, 0.15) is 0 Å². The number of hydrogen-bond donors (Lipinski definition) is 0. The molecule has 0 bridgehead atoms. The molecule has 0 aromatic heterocycles. The van der Waals surface area contributed by atoms with Gasteiger partial charge in [-0.1, -0.05) is 104 Å². The van der Waals surface area contributed by atoms with Crippen LogP contribution in [0.15, 0.2) is 22.3 Å². The van der Waals surface area contributed by atoms with E-state index in [1.54, 1.807) is 0 Å². The molecule has 0 amide bonds. The van der Waals surface area contributed by atoms with Crippen molar-refractivity contribution in [2.45, 2.75) is 144 Å². The number of rotatable bonds is 1. The molecular weight excluding hydrogens is 520 g/mol. The van der Waals surface area contributed by atoms with Crippen LogP contribution in [0.1, 0.15) is 144 Å². The zero-order valence-corrected chi connectivity index (χ0v) is 27.0. The van der Waals surface area contributed by atoms with E-state index in [0.717, 1.165) is 6.42 Å². The molecule has 0 radical (unpaired) electrons. The maximum Gasteiger partial charge on any atom is 0.00601 e. The average Bonchev–Trinajstić information content (AvgIpc) is 2.65. The van der Waals surface area contributed by atoms with Crippen molar-refractivity contribution in [3.05, 3.63) is 22.3 Å². The van der Waals surface area contributed by atoms with Crippen molar-refractivity contribution in [3.63, 3.8) is 0 Å². The van der Waals surface area contributed by atoms with Crippen LogP contribution in [-0.4, -0.2) is 0 Å². The molecule has 0 spiro atoms. The molecule has 0 heterocycles. The smallest absolute Gasteiger partial charge is 0.00601 e. The number of hydrogen-bond acceptors (Lipinski definition) is 0. The van der Waals surface area contributed by atoms with Crippen LogP contribution in [0, 0.1) is 17.3 Å². The minimum atomic E-state index is 0. The van der Waals surface area contributed by atoms with Crippen LogP contribution in [-0.2, 0) is 21.1 Å². The zero-order valence-electron chi connectivity index (χ0n) is 24.0. The molecule has 0 saturated heterocycles. The minimum Gasteiger partial charge on any atom is -0.107 e. The van der Waals surface area contributed by atoms with Gasteiger partial charge in [0.2, 0.25) is 0 Å². The summed E-state index contributed by atoms with van der Waals surface area (Å²) in [6.07, 6.45) is 3.62. The first kappa shape index (κ1) is 46.8. The summed E-state index contributed by atoms with van der Waals surface area (Å²) < 4.78 is 0. The molecule has 0 saturated carbocycles. The SMILES string of the molecule is CC.CC.CC#CCC.CC(C)=C(C)C.CC(C)=C(C)C(C)(C)C.CCCC.[W]. The summed E-state index contributed by atoms with van der Waals surface area (Å²) >= 11 is 0. The second-order valence-electron chi connectivity index (χ2n) is 7.66. The Morgan fingerprint density at radius 2 is 0.897 bits per heavy atom. The first-order valence-corrected chi connectivity index (χ1v) is 11.5. The van der Waals surface area contributed by atoms with E-state index in [1.807, 2.05) is 41.5 Å². The minimum absolute atomic E-state index is 0. The molecule has 0 nitrogen and oxygen atoms in total. The van der Waals surface area contributed by atoms with Gasteiger partial charge in [0.25, 0.3) is 0 Å². The summed E-state index contributed by atoms with van der Waals surface area (Å²) in [5.74, 6) is 5.63. The summed E-state index contributed by atoms with van der Waals surface area (Å²) in [6, 6.07) is 0. The first-order chi connectivity index (χ1) is 12.8. The number of unbranched alkanes of at least 4 members (excludes halogenated alkanes) is 1. The largest absolute Gasteiger partial charge is 0.107 e. The molecule has 0 aromatic rings. The van der Waals surface area contributed by atoms with Gasteiger partial charge in [0.15, 0.2) is 0 Å². The zero-order chi connectivity index (χ0) is 24.3. The Labute approximate surface area is 204 Å². The van der Waals surface area contributed by atoms with Gasteiger partial charge in [0.05, 0.1) is 0 Å². The quantitative estimate of drug-likeness (QED) is 0.214. The van der Waals surface area contributed by atoms with E-state index in [1.165, 1.54) is 35.1 Å². The van der Waals surface area contributed by atoms with Crippen molar-refractivity contribution >= 4 is 0 Å². The summed E-state index contributed by atoms with van der Waals surface area (Å²) in [6.45, 7) is 38.0. The first-order valence-electron chi connectivity index (χ1n) is 11.5. The van der Waals surface area contributed by atoms with Crippen molar-refractivity contribution in [3.8, 4) is 11.8 Å². The van der Waals surface area contributed by atoms with Crippen molar-refractivity contribution < 1.29 is 21.1 Å². The summed E-state index contributed by atoms with van der Waals surface area (Å²) in [4.78, 5) is 0. The fourth-order valence-electron chi connectivity index (χ4n) is 0.927. The van der Waals surface area contributed by atoms with Crippen molar-refractivity contribution in [2.75, 3.05) is 0 Å². The predicted molar refractivity (Wildman–Crippen MR) is 140 cm³/mol. The molecule has 0 aliphatic rings. The van der Waals surface area contributed by atoms with Crippen LogP contribution in [0.2, 0.25) is 0 Å². The van der Waals surface area contributed by atoms with Crippen molar-refractivity contribution in [2.24, 2.45) is 5.41 Å². The molecule has 0 fully saturated rings. The van der Waals surface area contributed by atoms with Crippen LogP contribution >= 0.6 is 0 Å². The molecular formula is C28H60W. The molecule has 0 atom stereocenters. The van der Waals surface area contributed by atoms with Gasteiger partial charge in [0, 0.05) is 27.5 Å². The fourth-order valence-corrected chi connectivity index (χ4v) is 0.927. The molecule has 0 unspecified atom stereocenters. The van der Waals surface area contributed by atoms with Gasteiger partial charge in [-0.05, 0) is 60.8 Å². The summed E-state index contributed by atoms with van der Waals surface area (Å²) in [5.41, 5.74) is 6.16. The Hall–Kier alpha value is -0.272. The second kappa shape index (κ2) is 38.3. The van der Waals surface area contributed by atoms with Gasteiger partial charge < -0.3 is 0 Å². The molecule has 178 valence electrons. The Morgan fingerprint density at radius 1 is 0.621 bits per heavy atom. The Bertz CT molecular complexity index is 368. The van der Waals surface area contributed by atoms with Crippen molar-refractivity contribution in [1.82, 2.24) is 0 Å². The van der Waals surface area contributed by atoms with Crippen LogP contribution in [0.5, 0.6) is 0 Å². The number of allylic oxidation sites excluding steroid dienone is 4. The molecule has 0 aromatic carbocycles. The van der Waals surface area contributed by atoms with Gasteiger partial charge in [-0.15, -0.1) is 11.8 Å². The van der Waals surface area contributed by atoms with E-state index in [4.69, 9.17) is 0 Å². The Morgan fingerprint density at radius 3 is 0.897 bits per heavy atom. The summed E-state index contributed by atoms with van der Waals surface area (Å²) in [7, 11) is 0.